The van der Waals surface area contributed by atoms with Gasteiger partial charge in [-0.1, -0.05) is 163 Å². The summed E-state index contributed by atoms with van der Waals surface area (Å²) in [6.07, 6.45) is 37.3. The molecule has 0 spiro atoms. The summed E-state index contributed by atoms with van der Waals surface area (Å²) < 4.78 is 6.44. The van der Waals surface area contributed by atoms with E-state index in [0.717, 1.165) is 36.5 Å². The van der Waals surface area contributed by atoms with E-state index in [2.05, 4.69) is 62.0 Å². The molecule has 2 heteroatoms. The van der Waals surface area contributed by atoms with Crippen molar-refractivity contribution < 1.29 is 9.53 Å². The highest BCUT2D eigenvalue weighted by Crippen LogP contribution is 2.77. The third-order valence-corrected chi connectivity index (χ3v) is 18.2. The zero-order valence-corrected chi connectivity index (χ0v) is 36.3. The normalized spacial score (nSPS) is 39.2. The van der Waals surface area contributed by atoms with Crippen LogP contribution in [0.1, 0.15) is 235 Å². The molecule has 0 saturated heterocycles. The van der Waals surface area contributed by atoms with Gasteiger partial charge in [0.2, 0.25) is 0 Å². The van der Waals surface area contributed by atoms with Crippen LogP contribution in [0.4, 0.5) is 0 Å². The average Bonchev–Trinajstić information content (AvgIpc) is 3.45. The molecular formula is C50H88O2. The molecule has 0 aromatic rings. The van der Waals surface area contributed by atoms with Crippen LogP contribution in [0.2, 0.25) is 0 Å². The molecule has 0 heterocycles. The first-order valence-electron chi connectivity index (χ1n) is 23.6. The Morgan fingerprint density at radius 2 is 1.15 bits per heavy atom. The van der Waals surface area contributed by atoms with Crippen LogP contribution >= 0.6 is 0 Å². The maximum absolute atomic E-state index is 13.2. The molecule has 300 valence electrons. The summed E-state index contributed by atoms with van der Waals surface area (Å²) in [5.74, 6) is 3.89. The van der Waals surface area contributed by atoms with Crippen LogP contribution in [0.5, 0.6) is 0 Å². The van der Waals surface area contributed by atoms with Gasteiger partial charge in [0.15, 0.2) is 0 Å². The molecule has 0 aliphatic heterocycles. The maximum Gasteiger partial charge on any atom is 0.306 e. The Hall–Kier alpha value is -0.790. The summed E-state index contributed by atoms with van der Waals surface area (Å²) in [6, 6.07) is 0. The second-order valence-electron chi connectivity index (χ2n) is 21.6. The monoisotopic (exact) mass is 721 g/mol. The summed E-state index contributed by atoms with van der Waals surface area (Å²) in [6.45, 7) is 25.0. The molecule has 2 nitrogen and oxygen atoms in total. The minimum atomic E-state index is 0.0393. The molecule has 0 amide bonds. The fraction of sp³-hybridized carbons (Fsp3) is 0.940. The standard InChI is InChI=1S/C50H88O2/c1-10-11-12-13-14-15-16-17-18-19-20-21-22-23-24-25-26-27-44(51)52-43-32-34-48(7)41(46(43,4)5)31-35-50(9)42(48)29-28-40-45-39(38(2)3)30-33-47(45,6)36-37-49(40,50)8/h39-43,45H,2,10-37H2,1,3-9H3/t39-,40+,41+,42-,43-,45+,47+,48-,49+,50+/m0/s1. The van der Waals surface area contributed by atoms with Crippen molar-refractivity contribution in [3.8, 4) is 0 Å². The summed E-state index contributed by atoms with van der Waals surface area (Å²) in [5.41, 5.74) is 3.18. The predicted octanol–water partition coefficient (Wildman–Crippen LogP) is 15.6. The lowest BCUT2D eigenvalue weighted by atomic mass is 9.32. The first-order valence-corrected chi connectivity index (χ1v) is 23.6. The molecule has 0 radical (unpaired) electrons. The van der Waals surface area contributed by atoms with E-state index in [1.54, 1.807) is 0 Å². The van der Waals surface area contributed by atoms with E-state index in [1.807, 2.05) is 0 Å². The molecular weight excluding hydrogens is 633 g/mol. The molecule has 5 rings (SSSR count). The van der Waals surface area contributed by atoms with Crippen molar-refractivity contribution in [3.63, 3.8) is 0 Å². The summed E-state index contributed by atoms with van der Waals surface area (Å²) in [7, 11) is 0. The van der Waals surface area contributed by atoms with E-state index >= 15 is 0 Å². The molecule has 0 aromatic carbocycles. The second kappa shape index (κ2) is 18.0. The van der Waals surface area contributed by atoms with Gasteiger partial charge in [-0.2, -0.15) is 0 Å². The van der Waals surface area contributed by atoms with Gasteiger partial charge in [-0.3, -0.25) is 4.79 Å². The Morgan fingerprint density at radius 3 is 1.71 bits per heavy atom. The first-order chi connectivity index (χ1) is 24.7. The van der Waals surface area contributed by atoms with Crippen LogP contribution in [0, 0.1) is 56.7 Å². The number of esters is 1. The number of fused-ring (bicyclic) bond motifs is 7. The van der Waals surface area contributed by atoms with E-state index in [4.69, 9.17) is 4.74 Å². The Morgan fingerprint density at radius 1 is 0.596 bits per heavy atom. The van der Waals surface area contributed by atoms with Gasteiger partial charge >= 0.3 is 5.97 Å². The predicted molar refractivity (Wildman–Crippen MR) is 223 cm³/mol. The van der Waals surface area contributed by atoms with Crippen molar-refractivity contribution in [2.45, 2.75) is 241 Å². The topological polar surface area (TPSA) is 26.3 Å². The summed E-state index contributed by atoms with van der Waals surface area (Å²) >= 11 is 0. The number of rotatable bonds is 20. The van der Waals surface area contributed by atoms with E-state index in [1.165, 1.54) is 166 Å². The Labute approximate surface area is 324 Å². The van der Waals surface area contributed by atoms with Crippen LogP contribution in [0.15, 0.2) is 12.2 Å². The molecule has 0 unspecified atom stereocenters. The first kappa shape index (κ1) is 42.4. The Kier molecular flexibility index (Phi) is 14.7. The van der Waals surface area contributed by atoms with Gasteiger partial charge in [0, 0.05) is 11.8 Å². The molecule has 0 bridgehead atoms. The molecule has 10 atom stereocenters. The van der Waals surface area contributed by atoms with Crippen LogP contribution in [0.25, 0.3) is 0 Å². The van der Waals surface area contributed by atoms with E-state index in [-0.39, 0.29) is 17.5 Å². The van der Waals surface area contributed by atoms with Crippen molar-refractivity contribution in [1.29, 1.82) is 0 Å². The molecule has 0 N–H and O–H groups in total. The summed E-state index contributed by atoms with van der Waals surface area (Å²) in [5, 5.41) is 0. The SMILES string of the molecule is C=C(C)[C@@H]1CC[C@]2(C)CC[C@]3(C)[C@H](CC[C@H]4[C@@]5(C)CC[C@H](OC(=O)CCCCCCCCCCCCCCCCCCC)C(C)(C)[C@H]5CC[C@]43C)[C@@H]12. The molecule has 5 aliphatic rings. The zero-order valence-electron chi connectivity index (χ0n) is 36.3. The molecule has 5 aliphatic carbocycles. The van der Waals surface area contributed by atoms with Crippen molar-refractivity contribution in [2.75, 3.05) is 0 Å². The minimum Gasteiger partial charge on any atom is -0.462 e. The Bertz CT molecular complexity index is 1150. The minimum absolute atomic E-state index is 0.0393. The van der Waals surface area contributed by atoms with Gasteiger partial charge < -0.3 is 4.74 Å². The maximum atomic E-state index is 13.2. The number of hydrogen-bond donors (Lipinski definition) is 0. The second-order valence-corrected chi connectivity index (χ2v) is 21.6. The highest BCUT2D eigenvalue weighted by Gasteiger charge is 2.70. The smallest absolute Gasteiger partial charge is 0.306 e. The largest absolute Gasteiger partial charge is 0.462 e. The van der Waals surface area contributed by atoms with Gasteiger partial charge in [0.05, 0.1) is 0 Å². The number of carbonyl (C=O) groups is 1. The van der Waals surface area contributed by atoms with Crippen molar-refractivity contribution in [3.05, 3.63) is 12.2 Å². The number of hydrogen-bond acceptors (Lipinski definition) is 2. The lowest BCUT2D eigenvalue weighted by molar-refractivity contribution is -0.249. The number of carbonyl (C=O) groups excluding carboxylic acids is 1. The lowest BCUT2D eigenvalue weighted by Crippen LogP contribution is -2.66. The third kappa shape index (κ3) is 8.62. The van der Waals surface area contributed by atoms with E-state index in [9.17, 15) is 4.79 Å². The van der Waals surface area contributed by atoms with E-state index < -0.39 is 0 Å². The molecule has 0 aromatic heterocycles. The van der Waals surface area contributed by atoms with Gasteiger partial charge in [0.1, 0.15) is 6.10 Å². The quantitative estimate of drug-likeness (QED) is 0.0711. The van der Waals surface area contributed by atoms with Crippen LogP contribution in [-0.2, 0) is 9.53 Å². The zero-order chi connectivity index (χ0) is 37.6. The van der Waals surface area contributed by atoms with Gasteiger partial charge in [-0.15, -0.1) is 0 Å². The Balaban J connectivity index is 1.02. The van der Waals surface area contributed by atoms with Crippen LogP contribution in [-0.4, -0.2) is 12.1 Å². The van der Waals surface area contributed by atoms with Crippen molar-refractivity contribution in [2.24, 2.45) is 56.7 Å². The fourth-order valence-electron chi connectivity index (χ4n) is 14.9. The number of unbranched alkanes of at least 4 members (excludes halogenated alkanes) is 16. The average molecular weight is 721 g/mol. The van der Waals surface area contributed by atoms with Gasteiger partial charge in [0.25, 0.3) is 0 Å². The summed E-state index contributed by atoms with van der Waals surface area (Å²) in [4.78, 5) is 13.2. The van der Waals surface area contributed by atoms with Crippen molar-refractivity contribution in [1.82, 2.24) is 0 Å². The molecule has 52 heavy (non-hydrogen) atoms. The van der Waals surface area contributed by atoms with Crippen LogP contribution in [0.3, 0.4) is 0 Å². The number of ether oxygens (including phenoxy) is 1. The molecule has 5 fully saturated rings. The van der Waals surface area contributed by atoms with Gasteiger partial charge in [-0.05, 0) is 129 Å². The van der Waals surface area contributed by atoms with Gasteiger partial charge in [-0.25, -0.2) is 0 Å². The number of allylic oxidation sites excluding steroid dienone is 1. The highest BCUT2D eigenvalue weighted by atomic mass is 16.5. The fourth-order valence-corrected chi connectivity index (χ4v) is 14.9. The van der Waals surface area contributed by atoms with Crippen LogP contribution < -0.4 is 0 Å². The third-order valence-electron chi connectivity index (χ3n) is 18.2. The van der Waals surface area contributed by atoms with E-state index in [0.29, 0.717) is 34.0 Å². The van der Waals surface area contributed by atoms with Crippen molar-refractivity contribution >= 4 is 5.97 Å². The lowest BCUT2D eigenvalue weighted by Gasteiger charge is -2.73. The molecule has 5 saturated carbocycles. The highest BCUT2D eigenvalue weighted by molar-refractivity contribution is 5.69.